The standard InChI is InChI=1S/C15H23NO4/c1-14(2,3)20-13(19)16-8-9-7-10(16)11(9)15(12(17)18)5-4-6-15/h9-11H,4-8H2,1-3H3,(H,17,18)/t9-,10-,11?/m0/s1. The van der Waals surface area contributed by atoms with Crippen LogP contribution in [0.1, 0.15) is 46.5 Å². The van der Waals surface area contributed by atoms with E-state index in [0.29, 0.717) is 12.5 Å². The zero-order valence-corrected chi connectivity index (χ0v) is 12.4. The van der Waals surface area contributed by atoms with E-state index in [4.69, 9.17) is 4.74 Å². The number of hydrogen-bond donors (Lipinski definition) is 1. The minimum absolute atomic E-state index is 0.0752. The van der Waals surface area contributed by atoms with Crippen molar-refractivity contribution >= 4 is 12.1 Å². The second-order valence-corrected chi connectivity index (χ2v) is 7.54. The van der Waals surface area contributed by atoms with Crippen molar-refractivity contribution in [3.63, 3.8) is 0 Å². The van der Waals surface area contributed by atoms with Crippen LogP contribution in [0.2, 0.25) is 0 Å². The number of carbonyl (C=O) groups excluding carboxylic acids is 1. The maximum atomic E-state index is 12.2. The van der Waals surface area contributed by atoms with E-state index >= 15 is 0 Å². The van der Waals surface area contributed by atoms with Crippen molar-refractivity contribution < 1.29 is 19.4 Å². The molecule has 112 valence electrons. The van der Waals surface area contributed by atoms with Gasteiger partial charge in [-0.05, 0) is 46.0 Å². The van der Waals surface area contributed by atoms with Gasteiger partial charge in [0.25, 0.3) is 0 Å². The molecule has 2 bridgehead atoms. The first-order chi connectivity index (χ1) is 9.24. The molecule has 0 radical (unpaired) electrons. The number of amides is 1. The lowest BCUT2D eigenvalue weighted by molar-refractivity contribution is -0.167. The monoisotopic (exact) mass is 281 g/mol. The normalized spacial score (nSPS) is 34.1. The Morgan fingerprint density at radius 2 is 1.95 bits per heavy atom. The summed E-state index contributed by atoms with van der Waals surface area (Å²) in [6.45, 7) is 6.23. The van der Waals surface area contributed by atoms with Gasteiger partial charge in [0.1, 0.15) is 5.60 Å². The molecule has 2 aliphatic heterocycles. The Labute approximate surface area is 119 Å². The third-order valence-electron chi connectivity index (χ3n) is 5.24. The van der Waals surface area contributed by atoms with Gasteiger partial charge in [0, 0.05) is 18.5 Å². The van der Waals surface area contributed by atoms with Gasteiger partial charge in [-0.2, -0.15) is 0 Å². The van der Waals surface area contributed by atoms with Crippen LogP contribution in [0.15, 0.2) is 0 Å². The Kier molecular flexibility index (Phi) is 2.82. The van der Waals surface area contributed by atoms with E-state index in [0.717, 1.165) is 25.7 Å². The molecule has 0 aromatic carbocycles. The summed E-state index contributed by atoms with van der Waals surface area (Å²) >= 11 is 0. The fourth-order valence-electron chi connectivity index (χ4n) is 4.22. The lowest BCUT2D eigenvalue weighted by Gasteiger charge is -2.52. The molecule has 4 rings (SSSR count). The zero-order valence-electron chi connectivity index (χ0n) is 12.4. The topological polar surface area (TPSA) is 66.8 Å². The second kappa shape index (κ2) is 4.12. The average Bonchev–Trinajstić information content (AvgIpc) is 2.77. The summed E-state index contributed by atoms with van der Waals surface area (Å²) in [5.41, 5.74) is -1.06. The number of ether oxygens (including phenoxy) is 1. The molecule has 20 heavy (non-hydrogen) atoms. The van der Waals surface area contributed by atoms with Gasteiger partial charge < -0.3 is 14.7 Å². The Morgan fingerprint density at radius 1 is 1.30 bits per heavy atom. The van der Waals surface area contributed by atoms with Crippen LogP contribution in [0, 0.1) is 17.3 Å². The van der Waals surface area contributed by atoms with Crippen LogP contribution in [0.25, 0.3) is 0 Å². The first-order valence-corrected chi connectivity index (χ1v) is 7.48. The number of rotatable bonds is 2. The third-order valence-corrected chi connectivity index (χ3v) is 5.24. The molecule has 1 unspecified atom stereocenters. The van der Waals surface area contributed by atoms with Crippen LogP contribution in [0.4, 0.5) is 4.79 Å². The number of carboxylic acid groups (broad SMARTS) is 1. The van der Waals surface area contributed by atoms with Gasteiger partial charge in [-0.25, -0.2) is 4.79 Å². The predicted octanol–water partition coefficient (Wildman–Crippen LogP) is 2.50. The first-order valence-electron chi connectivity index (χ1n) is 7.48. The highest BCUT2D eigenvalue weighted by Gasteiger charge is 2.66. The summed E-state index contributed by atoms with van der Waals surface area (Å²) in [7, 11) is 0. The molecule has 0 aromatic rings. The van der Waals surface area contributed by atoms with Gasteiger partial charge in [-0.15, -0.1) is 0 Å². The molecule has 2 saturated carbocycles. The Morgan fingerprint density at radius 3 is 2.40 bits per heavy atom. The average molecular weight is 281 g/mol. The number of fused-ring (bicyclic) bond motifs is 1. The van der Waals surface area contributed by atoms with Crippen molar-refractivity contribution in [2.45, 2.75) is 58.1 Å². The first kappa shape index (κ1) is 13.7. The van der Waals surface area contributed by atoms with Gasteiger partial charge >= 0.3 is 12.1 Å². The number of carboxylic acids is 1. The van der Waals surface area contributed by atoms with Gasteiger partial charge in [-0.3, -0.25) is 4.79 Å². The smallest absolute Gasteiger partial charge is 0.410 e. The molecular formula is C15H23NO4. The molecule has 5 heteroatoms. The molecular weight excluding hydrogens is 258 g/mol. The number of carbonyl (C=O) groups is 2. The predicted molar refractivity (Wildman–Crippen MR) is 72.2 cm³/mol. The van der Waals surface area contributed by atoms with E-state index in [1.54, 1.807) is 4.90 Å². The van der Waals surface area contributed by atoms with Gasteiger partial charge in [0.05, 0.1) is 5.41 Å². The maximum absolute atomic E-state index is 12.2. The van der Waals surface area contributed by atoms with Crippen molar-refractivity contribution in [3.05, 3.63) is 0 Å². The van der Waals surface area contributed by atoms with Crippen molar-refractivity contribution in [2.24, 2.45) is 17.3 Å². The Bertz CT molecular complexity index is 449. The van der Waals surface area contributed by atoms with Crippen molar-refractivity contribution in [1.82, 2.24) is 4.90 Å². The lowest BCUT2D eigenvalue weighted by atomic mass is 9.51. The molecule has 1 amide bonds. The van der Waals surface area contributed by atoms with Crippen LogP contribution in [0.3, 0.4) is 0 Å². The van der Waals surface area contributed by atoms with Crippen molar-refractivity contribution in [3.8, 4) is 0 Å². The number of hydrogen-bond acceptors (Lipinski definition) is 3. The molecule has 3 atom stereocenters. The zero-order chi connectivity index (χ0) is 14.7. The summed E-state index contributed by atoms with van der Waals surface area (Å²) in [4.78, 5) is 25.6. The van der Waals surface area contributed by atoms with E-state index in [2.05, 4.69) is 0 Å². The molecule has 2 aliphatic carbocycles. The summed E-state index contributed by atoms with van der Waals surface area (Å²) in [6, 6.07) is 0.0752. The molecule has 4 aliphatic rings. The molecule has 4 fully saturated rings. The highest BCUT2D eigenvalue weighted by Crippen LogP contribution is 2.61. The quantitative estimate of drug-likeness (QED) is 0.844. The van der Waals surface area contributed by atoms with E-state index in [-0.39, 0.29) is 18.1 Å². The van der Waals surface area contributed by atoms with Crippen LogP contribution < -0.4 is 0 Å². The summed E-state index contributed by atoms with van der Waals surface area (Å²) < 4.78 is 5.43. The van der Waals surface area contributed by atoms with E-state index < -0.39 is 17.0 Å². The van der Waals surface area contributed by atoms with E-state index in [9.17, 15) is 14.7 Å². The molecule has 0 aromatic heterocycles. The summed E-state index contributed by atoms with van der Waals surface area (Å²) in [5, 5.41) is 9.56. The molecule has 2 saturated heterocycles. The molecule has 1 N–H and O–H groups in total. The Hall–Kier alpha value is -1.26. The molecule has 2 heterocycles. The minimum atomic E-state index is -0.672. The van der Waals surface area contributed by atoms with Crippen LogP contribution >= 0.6 is 0 Å². The molecule has 5 nitrogen and oxygen atoms in total. The fraction of sp³-hybridized carbons (Fsp3) is 0.867. The Balaban J connectivity index is 1.72. The minimum Gasteiger partial charge on any atom is -0.481 e. The highest BCUT2D eigenvalue weighted by atomic mass is 16.6. The van der Waals surface area contributed by atoms with Crippen LogP contribution in [-0.4, -0.2) is 40.3 Å². The second-order valence-electron chi connectivity index (χ2n) is 7.54. The van der Waals surface area contributed by atoms with Gasteiger partial charge in [0.15, 0.2) is 0 Å². The SMILES string of the molecule is CC(C)(C)OC(=O)N1C[C@@H]2C[C@H]1C2C1(C(=O)O)CCC1. The highest BCUT2D eigenvalue weighted by molar-refractivity contribution is 5.77. The third kappa shape index (κ3) is 1.82. The van der Waals surface area contributed by atoms with Crippen molar-refractivity contribution in [1.29, 1.82) is 0 Å². The lowest BCUT2D eigenvalue weighted by Crippen LogP contribution is -2.56. The van der Waals surface area contributed by atoms with Crippen LogP contribution in [0.5, 0.6) is 0 Å². The molecule has 0 spiro atoms. The van der Waals surface area contributed by atoms with E-state index in [1.165, 1.54) is 0 Å². The van der Waals surface area contributed by atoms with Gasteiger partial charge in [0.2, 0.25) is 0 Å². The number of aliphatic carboxylic acids is 1. The fourth-order valence-corrected chi connectivity index (χ4v) is 4.22. The largest absolute Gasteiger partial charge is 0.481 e. The van der Waals surface area contributed by atoms with E-state index in [1.807, 2.05) is 20.8 Å². The summed E-state index contributed by atoms with van der Waals surface area (Å²) in [5.74, 6) is -0.181. The maximum Gasteiger partial charge on any atom is 0.410 e. The van der Waals surface area contributed by atoms with Gasteiger partial charge in [-0.1, -0.05) is 6.42 Å². The summed E-state index contributed by atoms with van der Waals surface area (Å²) in [6.07, 6.45) is 3.19. The van der Waals surface area contributed by atoms with Crippen molar-refractivity contribution in [2.75, 3.05) is 6.54 Å². The van der Waals surface area contributed by atoms with Crippen LogP contribution in [-0.2, 0) is 9.53 Å². The number of nitrogens with zero attached hydrogens (tertiary/aromatic N) is 1.